The lowest BCUT2D eigenvalue weighted by molar-refractivity contribution is 0.685. The summed E-state index contributed by atoms with van der Waals surface area (Å²) in [6.07, 6.45) is 7.92. The van der Waals surface area contributed by atoms with Crippen molar-refractivity contribution in [2.24, 2.45) is 0 Å². The van der Waals surface area contributed by atoms with Crippen LogP contribution in [0.2, 0.25) is 6.04 Å². The Kier molecular flexibility index (Phi) is 3.98. The van der Waals surface area contributed by atoms with Crippen LogP contribution in [0.4, 0.5) is 0 Å². The van der Waals surface area contributed by atoms with Gasteiger partial charge in [-0.2, -0.15) is 0 Å². The number of rotatable bonds is 3. The Hall–Kier alpha value is -1.08. The topological polar surface area (TPSA) is 0 Å². The maximum Gasteiger partial charge on any atom is 0.0563 e. The Morgan fingerprint density at radius 1 is 1.05 bits per heavy atom. The molecule has 0 atom stereocenters. The largest absolute Gasteiger partial charge is 0.0638 e. The van der Waals surface area contributed by atoms with Crippen LogP contribution in [0.25, 0.3) is 0 Å². The van der Waals surface area contributed by atoms with Crippen molar-refractivity contribution in [1.82, 2.24) is 0 Å². The van der Waals surface area contributed by atoms with E-state index in [0.717, 1.165) is 0 Å². The van der Waals surface area contributed by atoms with E-state index in [9.17, 15) is 0 Å². The molecule has 1 aromatic rings. The van der Waals surface area contributed by atoms with E-state index in [1.807, 2.05) is 0 Å². The zero-order valence-corrected chi connectivity index (χ0v) is 14.5. The highest BCUT2D eigenvalue weighted by Gasteiger charge is 2.27. The van der Waals surface area contributed by atoms with E-state index >= 15 is 0 Å². The summed E-state index contributed by atoms with van der Waals surface area (Å²) in [4.78, 5) is 0. The lowest BCUT2D eigenvalue weighted by Gasteiger charge is -2.21. The van der Waals surface area contributed by atoms with Crippen molar-refractivity contribution < 1.29 is 0 Å². The molecule has 1 aromatic carbocycles. The minimum atomic E-state index is -0.182. The number of hydrogen-bond donors (Lipinski definition) is 0. The van der Waals surface area contributed by atoms with E-state index in [1.54, 1.807) is 27.8 Å². The van der Waals surface area contributed by atoms with Crippen LogP contribution >= 0.6 is 0 Å². The first-order valence-corrected chi connectivity index (χ1v) is 9.69. The highest BCUT2D eigenvalue weighted by molar-refractivity contribution is 6.54. The van der Waals surface area contributed by atoms with Gasteiger partial charge >= 0.3 is 0 Å². The van der Waals surface area contributed by atoms with Crippen molar-refractivity contribution in [3.8, 4) is 0 Å². The number of allylic oxidation sites excluding steroid dienone is 4. The van der Waals surface area contributed by atoms with Crippen LogP contribution < -0.4 is 5.19 Å². The van der Waals surface area contributed by atoms with Crippen molar-refractivity contribution >= 4 is 14.7 Å². The Bertz CT molecular complexity index is 577. The third kappa shape index (κ3) is 2.56. The molecule has 0 aromatic heterocycles. The fourth-order valence-electron chi connectivity index (χ4n) is 3.71. The van der Waals surface area contributed by atoms with Gasteiger partial charge in [-0.15, -0.1) is 0 Å². The van der Waals surface area contributed by atoms with Crippen LogP contribution in [-0.4, -0.2) is 9.52 Å². The normalized spacial score (nSPS) is 19.9. The van der Waals surface area contributed by atoms with E-state index in [0.29, 0.717) is 0 Å². The molecule has 20 heavy (non-hydrogen) atoms. The Morgan fingerprint density at radius 2 is 1.85 bits per heavy atom. The maximum absolute atomic E-state index is 2.47. The van der Waals surface area contributed by atoms with Gasteiger partial charge in [0.25, 0.3) is 0 Å². The molecule has 0 heterocycles. The second kappa shape index (κ2) is 5.73. The smallest absolute Gasteiger partial charge is 0.0563 e. The monoisotopic (exact) mass is 281 g/mol. The van der Waals surface area contributed by atoms with Crippen LogP contribution in [0.5, 0.6) is 0 Å². The minimum Gasteiger partial charge on any atom is -0.0638 e. The van der Waals surface area contributed by atoms with Gasteiger partial charge in [0, 0.05) is 5.92 Å². The maximum atomic E-state index is 2.47. The van der Waals surface area contributed by atoms with E-state index in [-0.39, 0.29) is 9.52 Å². The summed E-state index contributed by atoms with van der Waals surface area (Å²) in [6, 6.07) is 8.19. The van der Waals surface area contributed by atoms with E-state index in [1.165, 1.54) is 42.9 Å². The molecule has 0 nitrogen and oxygen atoms in total. The van der Waals surface area contributed by atoms with Gasteiger partial charge in [0.1, 0.15) is 0 Å². The SMILES string of the molecule is CC1=CC2=C(CCCC2)[C]1C[SiH2]c1cccc(C)c1C. The lowest BCUT2D eigenvalue weighted by Crippen LogP contribution is -2.21. The Balaban J connectivity index is 1.74. The van der Waals surface area contributed by atoms with Crippen LogP contribution in [0.1, 0.15) is 43.7 Å². The van der Waals surface area contributed by atoms with Gasteiger partial charge in [0.2, 0.25) is 0 Å². The molecule has 105 valence electrons. The first-order valence-electron chi connectivity index (χ1n) is 7.99. The molecule has 0 unspecified atom stereocenters. The van der Waals surface area contributed by atoms with E-state index < -0.39 is 0 Å². The summed E-state index contributed by atoms with van der Waals surface area (Å²) < 4.78 is 0. The average molecular weight is 281 g/mol. The van der Waals surface area contributed by atoms with Crippen molar-refractivity contribution in [2.45, 2.75) is 52.5 Å². The predicted molar refractivity (Wildman–Crippen MR) is 91.4 cm³/mol. The summed E-state index contributed by atoms with van der Waals surface area (Å²) in [7, 11) is -0.182. The fourth-order valence-corrected chi connectivity index (χ4v) is 5.88. The van der Waals surface area contributed by atoms with E-state index in [2.05, 4.69) is 45.0 Å². The second-order valence-corrected chi connectivity index (χ2v) is 8.14. The van der Waals surface area contributed by atoms with Crippen molar-refractivity contribution in [3.05, 3.63) is 58.0 Å². The zero-order valence-electron chi connectivity index (χ0n) is 13.1. The standard InChI is InChI=1S/C19H25Si/c1-13-7-6-10-19(15(13)3)20-12-18-14(2)11-16-8-4-5-9-17(16)18/h6-7,10-11H,4-5,8-9,12,20H2,1-3H3. The quantitative estimate of drug-likeness (QED) is 0.737. The molecule has 2 aliphatic rings. The Labute approximate surface area is 125 Å². The van der Waals surface area contributed by atoms with Crippen LogP contribution in [-0.2, 0) is 0 Å². The summed E-state index contributed by atoms with van der Waals surface area (Å²) >= 11 is 0. The molecule has 0 aliphatic heterocycles. The number of benzene rings is 1. The molecule has 0 saturated heterocycles. The second-order valence-electron chi connectivity index (χ2n) is 6.38. The molecule has 3 rings (SSSR count). The van der Waals surface area contributed by atoms with Crippen molar-refractivity contribution in [1.29, 1.82) is 0 Å². The lowest BCUT2D eigenvalue weighted by atomic mass is 9.88. The first-order chi connectivity index (χ1) is 9.66. The highest BCUT2D eigenvalue weighted by Crippen LogP contribution is 2.43. The van der Waals surface area contributed by atoms with Crippen LogP contribution in [0, 0.1) is 19.8 Å². The molecule has 0 bridgehead atoms. The first kappa shape index (κ1) is 13.9. The molecular formula is C19H25Si. The van der Waals surface area contributed by atoms with Gasteiger partial charge in [-0.1, -0.05) is 40.6 Å². The molecule has 0 amide bonds. The zero-order chi connectivity index (χ0) is 14.1. The van der Waals surface area contributed by atoms with E-state index in [4.69, 9.17) is 0 Å². The molecule has 1 radical (unpaired) electrons. The molecule has 0 N–H and O–H groups in total. The molecule has 0 fully saturated rings. The van der Waals surface area contributed by atoms with Gasteiger partial charge in [0.05, 0.1) is 9.52 Å². The summed E-state index contributed by atoms with van der Waals surface area (Å²) in [5, 5.41) is 1.66. The van der Waals surface area contributed by atoms with Gasteiger partial charge < -0.3 is 0 Å². The average Bonchev–Trinajstić information content (AvgIpc) is 2.76. The molecule has 0 saturated carbocycles. The third-order valence-electron chi connectivity index (χ3n) is 5.10. The predicted octanol–water partition coefficient (Wildman–Crippen LogP) is 3.92. The minimum absolute atomic E-state index is 0.182. The summed E-state index contributed by atoms with van der Waals surface area (Å²) in [5.74, 6) is 1.72. The molecular weight excluding hydrogens is 256 g/mol. The van der Waals surface area contributed by atoms with Gasteiger partial charge in [-0.05, 0) is 69.2 Å². The Morgan fingerprint density at radius 3 is 2.70 bits per heavy atom. The fraction of sp³-hybridized carbons (Fsp3) is 0.421. The molecule has 2 aliphatic carbocycles. The van der Waals surface area contributed by atoms with Gasteiger partial charge in [-0.3, -0.25) is 0 Å². The van der Waals surface area contributed by atoms with Crippen molar-refractivity contribution in [3.63, 3.8) is 0 Å². The van der Waals surface area contributed by atoms with Gasteiger partial charge in [-0.25, -0.2) is 0 Å². The number of hydrogen-bond acceptors (Lipinski definition) is 0. The van der Waals surface area contributed by atoms with Crippen molar-refractivity contribution in [2.75, 3.05) is 0 Å². The number of aryl methyl sites for hydroxylation is 1. The third-order valence-corrected chi connectivity index (χ3v) is 7.16. The highest BCUT2D eigenvalue weighted by atomic mass is 28.2. The molecule has 1 heteroatoms. The molecule has 0 spiro atoms. The van der Waals surface area contributed by atoms with Crippen LogP contribution in [0.15, 0.2) is 41.0 Å². The summed E-state index contributed by atoms with van der Waals surface area (Å²) in [5.41, 5.74) is 7.95. The van der Waals surface area contributed by atoms with Gasteiger partial charge in [0.15, 0.2) is 0 Å². The summed E-state index contributed by atoms with van der Waals surface area (Å²) in [6.45, 7) is 6.86. The van der Waals surface area contributed by atoms with Crippen LogP contribution in [0.3, 0.4) is 0 Å².